The maximum absolute atomic E-state index is 14.9. The van der Waals surface area contributed by atoms with Gasteiger partial charge in [0.2, 0.25) is 5.91 Å². The van der Waals surface area contributed by atoms with Crippen molar-refractivity contribution in [3.63, 3.8) is 0 Å². The molecule has 0 saturated heterocycles. The van der Waals surface area contributed by atoms with Gasteiger partial charge in [-0.25, -0.2) is 8.42 Å². The van der Waals surface area contributed by atoms with Gasteiger partial charge in [-0.2, -0.15) is 0 Å². The lowest BCUT2D eigenvalue weighted by Crippen LogP contribution is -2.23. The Kier molecular flexibility index (Phi) is 21.4. The minimum atomic E-state index is -4.07. The fourth-order valence-corrected chi connectivity index (χ4v) is 10.4. The van der Waals surface area contributed by atoms with Crippen LogP contribution >= 0.6 is 0 Å². The lowest BCUT2D eigenvalue weighted by molar-refractivity contribution is -0.117. The first-order chi connectivity index (χ1) is 31.4. The number of sulfonamides is 1. The van der Waals surface area contributed by atoms with Crippen LogP contribution in [0.1, 0.15) is 224 Å². The number of carbonyl (C=O) groups excluding carboxylic acids is 1. The van der Waals surface area contributed by atoms with Crippen molar-refractivity contribution in [2.75, 3.05) is 22.0 Å². The predicted octanol–water partition coefficient (Wildman–Crippen LogP) is 16.6. The largest absolute Gasteiger partial charge is 0.508 e. The number of aromatic hydroxyl groups is 1. The van der Waals surface area contributed by atoms with Crippen LogP contribution in [0.2, 0.25) is 0 Å². The quantitative estimate of drug-likeness (QED) is 0.0422. The summed E-state index contributed by atoms with van der Waals surface area (Å²) >= 11 is 0. The molecule has 8 nitrogen and oxygen atoms in total. The van der Waals surface area contributed by atoms with Gasteiger partial charge in [0.1, 0.15) is 11.5 Å². The molecule has 364 valence electrons. The summed E-state index contributed by atoms with van der Waals surface area (Å²) in [5, 5.41) is 17.7. The first-order valence-corrected chi connectivity index (χ1v) is 26.8. The number of hydrogen-bond acceptors (Lipinski definition) is 6. The van der Waals surface area contributed by atoms with Gasteiger partial charge in [0.25, 0.3) is 10.0 Å². The molecule has 4 aromatic carbocycles. The molecule has 0 bridgehead atoms. The fourth-order valence-electron chi connectivity index (χ4n) is 8.61. The van der Waals surface area contributed by atoms with Gasteiger partial charge in [-0.3, -0.25) is 9.52 Å². The maximum atomic E-state index is 14.9. The second-order valence-electron chi connectivity index (χ2n) is 20.5. The molecule has 4 aromatic rings. The standard InChI is InChI=1S/C57H85N3O5S/c1-12-14-16-18-19-20-21-22-23-24-26-48(43-27-34-54(61)51(38-43)57(9,10)11)56(62)59-53-39-46(30-33-52(53)58-45-28-31-47(32-29-45)65-35-25-17-15-13-2)60-66(63,64)55-49(41(5)6)36-44(40(3)4)37-50(55)42(7)8/h27-34,36-42,48,58,60-61H,12-26,35H2,1-11H3,(H,59,62). The lowest BCUT2D eigenvalue weighted by Gasteiger charge is -2.25. The third-order valence-corrected chi connectivity index (χ3v) is 14.2. The first kappa shape index (κ1) is 54.1. The van der Waals surface area contributed by atoms with Crippen molar-refractivity contribution in [1.82, 2.24) is 0 Å². The Morgan fingerprint density at radius 3 is 1.71 bits per heavy atom. The highest BCUT2D eigenvalue weighted by molar-refractivity contribution is 7.92. The second-order valence-corrected chi connectivity index (χ2v) is 22.1. The molecule has 4 rings (SSSR count). The summed E-state index contributed by atoms with van der Waals surface area (Å²) < 4.78 is 38.3. The Morgan fingerprint density at radius 2 is 1.17 bits per heavy atom. The van der Waals surface area contributed by atoms with Crippen LogP contribution in [0.4, 0.5) is 22.7 Å². The molecule has 0 spiro atoms. The van der Waals surface area contributed by atoms with Crippen LogP contribution in [0.15, 0.2) is 77.7 Å². The Balaban J connectivity index is 1.72. The number of anilines is 4. The lowest BCUT2D eigenvalue weighted by atomic mass is 9.82. The minimum absolute atomic E-state index is 0.0294. The average Bonchev–Trinajstić information content (AvgIpc) is 3.26. The number of benzene rings is 4. The highest BCUT2D eigenvalue weighted by Gasteiger charge is 2.29. The van der Waals surface area contributed by atoms with E-state index in [4.69, 9.17) is 4.74 Å². The summed E-state index contributed by atoms with van der Waals surface area (Å²) in [5.74, 6) is 0.479. The van der Waals surface area contributed by atoms with E-state index in [1.165, 1.54) is 57.8 Å². The third kappa shape index (κ3) is 16.4. The third-order valence-electron chi connectivity index (χ3n) is 12.7. The predicted molar refractivity (Wildman–Crippen MR) is 280 cm³/mol. The van der Waals surface area contributed by atoms with E-state index < -0.39 is 15.9 Å². The Labute approximate surface area is 400 Å². The summed E-state index contributed by atoms with van der Waals surface area (Å²) in [5.41, 5.74) is 6.18. The molecule has 0 aromatic heterocycles. The van der Waals surface area contributed by atoms with Crippen LogP contribution in [0.3, 0.4) is 0 Å². The molecule has 0 radical (unpaired) electrons. The van der Waals surface area contributed by atoms with Gasteiger partial charge < -0.3 is 20.5 Å². The number of amides is 1. The van der Waals surface area contributed by atoms with Crippen molar-refractivity contribution in [3.8, 4) is 11.5 Å². The molecule has 0 fully saturated rings. The topological polar surface area (TPSA) is 117 Å². The summed E-state index contributed by atoms with van der Waals surface area (Å²) in [4.78, 5) is 15.2. The fraction of sp³-hybridized carbons (Fsp3) is 0.561. The van der Waals surface area contributed by atoms with Crippen molar-refractivity contribution in [3.05, 3.63) is 101 Å². The smallest absolute Gasteiger partial charge is 0.262 e. The Hall–Kier alpha value is -4.50. The van der Waals surface area contributed by atoms with Crippen LogP contribution in [0.25, 0.3) is 0 Å². The molecule has 1 atom stereocenters. The molecule has 0 aliphatic heterocycles. The van der Waals surface area contributed by atoms with E-state index in [9.17, 15) is 18.3 Å². The van der Waals surface area contributed by atoms with E-state index in [-0.39, 0.29) is 34.8 Å². The summed E-state index contributed by atoms with van der Waals surface area (Å²) in [6.45, 7) is 23.7. The second kappa shape index (κ2) is 26.2. The summed E-state index contributed by atoms with van der Waals surface area (Å²) in [6, 6.07) is 22.7. The van der Waals surface area contributed by atoms with Gasteiger partial charge in [-0.1, -0.05) is 184 Å². The zero-order chi connectivity index (χ0) is 48.4. The number of carbonyl (C=O) groups is 1. The SMILES string of the molecule is CCCCCCCCCCCCC(C(=O)Nc1cc(NS(=O)(=O)c2c(C(C)C)cc(C(C)C)cc2C(C)C)ccc1Nc1ccc(OCCCCCC)cc1)c1ccc(O)c(C(C)(C)C)c1. The highest BCUT2D eigenvalue weighted by atomic mass is 32.2. The van der Waals surface area contributed by atoms with Gasteiger partial charge in [0, 0.05) is 5.69 Å². The molecule has 0 aliphatic carbocycles. The monoisotopic (exact) mass is 924 g/mol. The van der Waals surface area contributed by atoms with Crippen LogP contribution in [-0.2, 0) is 20.2 Å². The van der Waals surface area contributed by atoms with Crippen LogP contribution in [-0.4, -0.2) is 26.0 Å². The molecule has 0 aliphatic rings. The van der Waals surface area contributed by atoms with Crippen molar-refractivity contribution in [1.29, 1.82) is 0 Å². The number of phenols is 1. The Morgan fingerprint density at radius 1 is 0.621 bits per heavy atom. The van der Waals surface area contributed by atoms with E-state index in [0.717, 1.165) is 71.4 Å². The van der Waals surface area contributed by atoms with Crippen molar-refractivity contribution in [2.24, 2.45) is 0 Å². The van der Waals surface area contributed by atoms with Crippen molar-refractivity contribution in [2.45, 2.75) is 206 Å². The summed E-state index contributed by atoms with van der Waals surface area (Å²) in [7, 11) is -4.07. The van der Waals surface area contributed by atoms with E-state index in [2.05, 4.69) is 63.8 Å². The zero-order valence-corrected chi connectivity index (χ0v) is 43.4. The first-order valence-electron chi connectivity index (χ1n) is 25.3. The Bertz CT molecular complexity index is 2190. The average molecular weight is 924 g/mol. The molecular formula is C57H85N3O5S. The molecule has 0 saturated carbocycles. The molecule has 4 N–H and O–H groups in total. The molecular weight excluding hydrogens is 839 g/mol. The van der Waals surface area contributed by atoms with E-state index >= 15 is 0 Å². The van der Waals surface area contributed by atoms with Gasteiger partial charge in [-0.05, 0) is 112 Å². The maximum Gasteiger partial charge on any atom is 0.262 e. The number of rotatable bonds is 28. The number of hydrogen-bond donors (Lipinski definition) is 4. The minimum Gasteiger partial charge on any atom is -0.508 e. The van der Waals surface area contributed by atoms with Gasteiger partial charge >= 0.3 is 0 Å². The number of ether oxygens (including phenoxy) is 1. The van der Waals surface area contributed by atoms with Gasteiger partial charge in [0.05, 0.1) is 34.5 Å². The molecule has 0 heterocycles. The molecule has 1 amide bonds. The van der Waals surface area contributed by atoms with E-state index in [0.29, 0.717) is 35.0 Å². The molecule has 1 unspecified atom stereocenters. The number of unbranched alkanes of at least 4 members (excludes halogenated alkanes) is 12. The number of phenolic OH excluding ortho intramolecular Hbond substituents is 1. The highest BCUT2D eigenvalue weighted by Crippen LogP contribution is 2.39. The number of nitrogens with one attached hydrogen (secondary N) is 3. The normalized spacial score (nSPS) is 12.5. The van der Waals surface area contributed by atoms with Gasteiger partial charge in [0.15, 0.2) is 0 Å². The zero-order valence-electron chi connectivity index (χ0n) is 42.5. The van der Waals surface area contributed by atoms with Crippen LogP contribution in [0, 0.1) is 0 Å². The van der Waals surface area contributed by atoms with Crippen molar-refractivity contribution >= 4 is 38.7 Å². The van der Waals surface area contributed by atoms with Crippen LogP contribution in [0.5, 0.6) is 11.5 Å². The van der Waals surface area contributed by atoms with Gasteiger partial charge in [-0.15, -0.1) is 0 Å². The van der Waals surface area contributed by atoms with E-state index in [1.807, 2.05) is 82.3 Å². The summed E-state index contributed by atoms with van der Waals surface area (Å²) in [6.07, 6.45) is 17.1. The van der Waals surface area contributed by atoms with Crippen LogP contribution < -0.4 is 20.1 Å². The molecule has 9 heteroatoms. The van der Waals surface area contributed by atoms with Crippen molar-refractivity contribution < 1.29 is 23.1 Å². The van der Waals surface area contributed by atoms with E-state index in [1.54, 1.807) is 18.2 Å². The molecule has 66 heavy (non-hydrogen) atoms.